The largest absolute Gasteiger partial charge is 0.485 e. The number of aliphatic hydroxyl groups is 1. The fraction of sp³-hybridized carbons (Fsp3) is 0.143. The van der Waals surface area contributed by atoms with Crippen LogP contribution >= 0.6 is 0 Å². The maximum atomic E-state index is 11.5. The van der Waals surface area contributed by atoms with Gasteiger partial charge in [-0.15, -0.1) is 0 Å². The van der Waals surface area contributed by atoms with Crippen LogP contribution in [0.5, 0.6) is 5.75 Å². The standard InChI is InChI=1S/C21H18O2/c22-21(17-11-5-2-6-12-17)15-20(16-9-3-1-4-10-16)23-19-14-8-7-13-18(19)21/h1-14,20,22H,15H2/t20-,21+/m0/s1. The average Bonchev–Trinajstić information content (AvgIpc) is 2.63. The molecule has 0 aromatic heterocycles. The predicted octanol–water partition coefficient (Wildman–Crippen LogP) is 4.45. The molecule has 114 valence electrons. The number of hydrogen-bond acceptors (Lipinski definition) is 2. The third kappa shape index (κ3) is 2.41. The van der Waals surface area contributed by atoms with Crippen molar-refractivity contribution in [3.8, 4) is 5.75 Å². The Bertz CT molecular complexity index is 798. The lowest BCUT2D eigenvalue weighted by Crippen LogP contribution is -2.35. The van der Waals surface area contributed by atoms with Gasteiger partial charge in [0, 0.05) is 12.0 Å². The van der Waals surface area contributed by atoms with Crippen molar-refractivity contribution >= 4 is 0 Å². The van der Waals surface area contributed by atoms with Crippen LogP contribution in [-0.4, -0.2) is 5.11 Å². The monoisotopic (exact) mass is 302 g/mol. The first-order chi connectivity index (χ1) is 11.3. The normalized spacial score (nSPS) is 22.9. The van der Waals surface area contributed by atoms with Crippen molar-refractivity contribution in [2.45, 2.75) is 18.1 Å². The summed E-state index contributed by atoms with van der Waals surface area (Å²) in [6.07, 6.45) is 0.328. The summed E-state index contributed by atoms with van der Waals surface area (Å²) in [6.45, 7) is 0. The molecule has 0 amide bonds. The molecule has 1 heterocycles. The number of ether oxygens (including phenoxy) is 1. The highest BCUT2D eigenvalue weighted by atomic mass is 16.5. The molecule has 2 atom stereocenters. The Labute approximate surface area is 136 Å². The Balaban J connectivity index is 1.85. The first-order valence-electron chi connectivity index (χ1n) is 7.86. The molecule has 0 aliphatic carbocycles. The van der Waals surface area contributed by atoms with Gasteiger partial charge in [0.15, 0.2) is 0 Å². The third-order valence-corrected chi connectivity index (χ3v) is 4.51. The van der Waals surface area contributed by atoms with Gasteiger partial charge in [-0.05, 0) is 17.2 Å². The lowest BCUT2D eigenvalue weighted by molar-refractivity contribution is 0.000611. The van der Waals surface area contributed by atoms with E-state index in [4.69, 9.17) is 4.74 Å². The molecule has 0 unspecified atom stereocenters. The molecule has 0 radical (unpaired) electrons. The van der Waals surface area contributed by atoms with E-state index >= 15 is 0 Å². The van der Waals surface area contributed by atoms with Gasteiger partial charge in [-0.25, -0.2) is 0 Å². The zero-order valence-corrected chi connectivity index (χ0v) is 12.7. The van der Waals surface area contributed by atoms with Gasteiger partial charge in [0.1, 0.15) is 17.5 Å². The Hall–Kier alpha value is -2.58. The molecule has 23 heavy (non-hydrogen) atoms. The highest BCUT2D eigenvalue weighted by Gasteiger charge is 2.41. The molecule has 0 fully saturated rings. The lowest BCUT2D eigenvalue weighted by Gasteiger charge is -2.39. The van der Waals surface area contributed by atoms with Gasteiger partial charge in [-0.1, -0.05) is 78.9 Å². The molecular weight excluding hydrogens is 284 g/mol. The predicted molar refractivity (Wildman–Crippen MR) is 90.3 cm³/mol. The fourth-order valence-electron chi connectivity index (χ4n) is 3.33. The molecule has 0 saturated carbocycles. The van der Waals surface area contributed by atoms with Gasteiger partial charge < -0.3 is 9.84 Å². The van der Waals surface area contributed by atoms with Crippen molar-refractivity contribution in [1.82, 2.24) is 0 Å². The molecule has 0 spiro atoms. The second-order valence-corrected chi connectivity index (χ2v) is 5.94. The van der Waals surface area contributed by atoms with Gasteiger partial charge in [0.25, 0.3) is 0 Å². The Kier molecular flexibility index (Phi) is 3.40. The summed E-state index contributed by atoms with van der Waals surface area (Å²) in [7, 11) is 0. The quantitative estimate of drug-likeness (QED) is 0.758. The van der Waals surface area contributed by atoms with Crippen molar-refractivity contribution in [3.05, 3.63) is 102 Å². The van der Waals surface area contributed by atoms with Crippen molar-refractivity contribution in [1.29, 1.82) is 0 Å². The summed E-state index contributed by atoms with van der Waals surface area (Å²) in [6, 6.07) is 27.7. The van der Waals surface area contributed by atoms with E-state index in [0.717, 1.165) is 22.4 Å². The van der Waals surface area contributed by atoms with Crippen LogP contribution in [0, 0.1) is 0 Å². The van der Waals surface area contributed by atoms with Gasteiger partial charge in [-0.3, -0.25) is 0 Å². The molecule has 0 saturated heterocycles. The zero-order chi connectivity index (χ0) is 15.7. The number of benzene rings is 3. The number of rotatable bonds is 2. The van der Waals surface area contributed by atoms with Crippen LogP contribution in [0.2, 0.25) is 0 Å². The summed E-state index contributed by atoms with van der Waals surface area (Å²) in [5.74, 6) is 0.749. The van der Waals surface area contributed by atoms with Crippen molar-refractivity contribution in [3.63, 3.8) is 0 Å². The van der Waals surface area contributed by atoms with Crippen LogP contribution in [0.25, 0.3) is 0 Å². The second-order valence-electron chi connectivity index (χ2n) is 5.94. The Morgan fingerprint density at radius 1 is 0.783 bits per heavy atom. The highest BCUT2D eigenvalue weighted by Crippen LogP contribution is 2.47. The van der Waals surface area contributed by atoms with E-state index in [9.17, 15) is 5.11 Å². The molecule has 2 nitrogen and oxygen atoms in total. The van der Waals surface area contributed by atoms with E-state index in [2.05, 4.69) is 0 Å². The molecule has 4 rings (SSSR count). The van der Waals surface area contributed by atoms with Crippen LogP contribution in [0.1, 0.15) is 29.2 Å². The smallest absolute Gasteiger partial charge is 0.127 e. The minimum atomic E-state index is -1.05. The number of para-hydroxylation sites is 1. The minimum Gasteiger partial charge on any atom is -0.485 e. The zero-order valence-electron chi connectivity index (χ0n) is 12.7. The van der Waals surface area contributed by atoms with Crippen molar-refractivity contribution < 1.29 is 9.84 Å². The topological polar surface area (TPSA) is 29.5 Å². The van der Waals surface area contributed by atoms with Gasteiger partial charge in [-0.2, -0.15) is 0 Å². The molecule has 0 bridgehead atoms. The molecule has 1 aliphatic heterocycles. The maximum Gasteiger partial charge on any atom is 0.127 e. The van der Waals surface area contributed by atoms with E-state index < -0.39 is 5.60 Å². The number of fused-ring (bicyclic) bond motifs is 1. The SMILES string of the molecule is O[C@@]1(c2ccccc2)C[C@@H](c2ccccc2)Oc2ccccc21. The highest BCUT2D eigenvalue weighted by molar-refractivity contribution is 5.47. The van der Waals surface area contributed by atoms with Crippen LogP contribution in [-0.2, 0) is 5.60 Å². The second kappa shape index (κ2) is 5.56. The summed E-state index contributed by atoms with van der Waals surface area (Å²) >= 11 is 0. The van der Waals surface area contributed by atoms with Gasteiger partial charge in [0.2, 0.25) is 0 Å². The molecule has 1 N–H and O–H groups in total. The van der Waals surface area contributed by atoms with Crippen LogP contribution in [0.4, 0.5) is 0 Å². The van der Waals surface area contributed by atoms with Crippen LogP contribution in [0.15, 0.2) is 84.9 Å². The Morgan fingerprint density at radius 2 is 1.39 bits per heavy atom. The van der Waals surface area contributed by atoms with Gasteiger partial charge >= 0.3 is 0 Å². The van der Waals surface area contributed by atoms with Gasteiger partial charge in [0.05, 0.1) is 0 Å². The van der Waals surface area contributed by atoms with E-state index in [1.165, 1.54) is 0 Å². The van der Waals surface area contributed by atoms with Crippen molar-refractivity contribution in [2.75, 3.05) is 0 Å². The third-order valence-electron chi connectivity index (χ3n) is 4.51. The maximum absolute atomic E-state index is 11.5. The van der Waals surface area contributed by atoms with Crippen LogP contribution in [0.3, 0.4) is 0 Å². The van der Waals surface area contributed by atoms with E-state index in [-0.39, 0.29) is 6.10 Å². The average molecular weight is 302 g/mol. The molecular formula is C21H18O2. The summed E-state index contributed by atoms with van der Waals surface area (Å²) in [4.78, 5) is 0. The minimum absolute atomic E-state index is 0.170. The first-order valence-corrected chi connectivity index (χ1v) is 7.86. The fourth-order valence-corrected chi connectivity index (χ4v) is 3.33. The lowest BCUT2D eigenvalue weighted by atomic mass is 9.78. The molecule has 2 heteroatoms. The molecule has 3 aromatic carbocycles. The molecule has 3 aromatic rings. The molecule has 1 aliphatic rings. The summed E-state index contributed by atoms with van der Waals surface area (Å²) in [5, 5.41) is 11.5. The van der Waals surface area contributed by atoms with Crippen molar-refractivity contribution in [2.24, 2.45) is 0 Å². The first kappa shape index (κ1) is 14.0. The summed E-state index contributed by atoms with van der Waals surface area (Å²) < 4.78 is 6.17. The van der Waals surface area contributed by atoms with E-state index in [0.29, 0.717) is 6.42 Å². The number of hydrogen-bond donors (Lipinski definition) is 1. The van der Waals surface area contributed by atoms with Crippen LogP contribution < -0.4 is 4.74 Å². The van der Waals surface area contributed by atoms with E-state index in [1.54, 1.807) is 0 Å². The van der Waals surface area contributed by atoms with E-state index in [1.807, 2.05) is 84.9 Å². The summed E-state index contributed by atoms with van der Waals surface area (Å²) in [5.41, 5.74) is 1.77. The Morgan fingerprint density at radius 3 is 2.13 bits per heavy atom.